The van der Waals surface area contributed by atoms with Crippen LogP contribution >= 0.6 is 0 Å². The maximum Gasteiger partial charge on any atom is 0.315 e. The lowest BCUT2D eigenvalue weighted by molar-refractivity contribution is -0.188. The van der Waals surface area contributed by atoms with Crippen LogP contribution in [0.1, 0.15) is 45.4 Å². The van der Waals surface area contributed by atoms with Gasteiger partial charge in [-0.25, -0.2) is 4.79 Å². The van der Waals surface area contributed by atoms with E-state index in [2.05, 4.69) is 17.6 Å². The van der Waals surface area contributed by atoms with Gasteiger partial charge in [-0.05, 0) is 6.42 Å². The van der Waals surface area contributed by atoms with E-state index >= 15 is 0 Å². The summed E-state index contributed by atoms with van der Waals surface area (Å²) in [6.07, 6.45) is -1.55. The lowest BCUT2D eigenvalue weighted by atomic mass is 9.83. The van der Waals surface area contributed by atoms with Crippen LogP contribution in [-0.4, -0.2) is 74.7 Å². The van der Waals surface area contributed by atoms with Crippen molar-refractivity contribution in [2.45, 2.75) is 82.0 Å². The first kappa shape index (κ1) is 20.1. The summed E-state index contributed by atoms with van der Waals surface area (Å²) in [5, 5.41) is 53.2. The largest absolute Gasteiger partial charge is 0.388 e. The van der Waals surface area contributed by atoms with Gasteiger partial charge < -0.3 is 36.2 Å². The monoisotopic (exact) mass is 334 g/mol. The maximum absolute atomic E-state index is 11.8. The molecule has 0 aliphatic heterocycles. The molecule has 0 saturated heterocycles. The third-order valence-electron chi connectivity index (χ3n) is 4.25. The second-order valence-electron chi connectivity index (χ2n) is 6.15. The van der Waals surface area contributed by atoms with Gasteiger partial charge in [0.2, 0.25) is 0 Å². The summed E-state index contributed by atoms with van der Waals surface area (Å²) in [6.45, 7) is 2.61. The van der Waals surface area contributed by atoms with E-state index in [0.717, 1.165) is 19.3 Å². The Morgan fingerprint density at radius 1 is 0.783 bits per heavy atom. The van der Waals surface area contributed by atoms with Crippen LogP contribution < -0.4 is 10.6 Å². The number of hydrogen-bond donors (Lipinski definition) is 7. The molecule has 0 bridgehead atoms. The number of unbranched alkanes of at least 4 members (excludes halogenated alkanes) is 5. The standard InChI is InChI=1S/C15H30N2O6/c1-2-3-4-5-6-7-8-16-15(23)17-9-10(18)12(20)14(22)13(21)11(9)19/h9-14,18-22H,2-8H2,1H3,(H2,16,17,23)/t9?,10-,11+,12+,13-,14?. The molecule has 1 aliphatic rings. The van der Waals surface area contributed by atoms with Crippen LogP contribution in [0.3, 0.4) is 0 Å². The minimum absolute atomic E-state index is 0.463. The molecule has 2 unspecified atom stereocenters. The molecule has 1 saturated carbocycles. The number of rotatable bonds is 8. The van der Waals surface area contributed by atoms with Gasteiger partial charge in [-0.1, -0.05) is 39.0 Å². The highest BCUT2D eigenvalue weighted by atomic mass is 16.4. The summed E-state index contributed by atoms with van der Waals surface area (Å²) < 4.78 is 0. The molecule has 0 aromatic heterocycles. The summed E-state index contributed by atoms with van der Waals surface area (Å²) >= 11 is 0. The molecule has 7 N–H and O–H groups in total. The number of carbonyl (C=O) groups excluding carboxylic acids is 1. The normalized spacial score (nSPS) is 34.2. The smallest absolute Gasteiger partial charge is 0.315 e. The van der Waals surface area contributed by atoms with Crippen molar-refractivity contribution < 1.29 is 30.3 Å². The average molecular weight is 334 g/mol. The number of nitrogens with one attached hydrogen (secondary N) is 2. The summed E-state index contributed by atoms with van der Waals surface area (Å²) in [5.41, 5.74) is 0. The van der Waals surface area contributed by atoms with Crippen LogP contribution in [0.2, 0.25) is 0 Å². The lowest BCUT2D eigenvalue weighted by Gasteiger charge is -2.41. The van der Waals surface area contributed by atoms with E-state index < -0.39 is 42.6 Å². The number of aliphatic hydroxyl groups excluding tert-OH is 5. The van der Waals surface area contributed by atoms with Crippen molar-refractivity contribution in [1.82, 2.24) is 10.6 Å². The van der Waals surface area contributed by atoms with Gasteiger partial charge in [-0.2, -0.15) is 0 Å². The molecule has 0 heterocycles. The van der Waals surface area contributed by atoms with Gasteiger partial charge in [0.05, 0.1) is 6.04 Å². The number of amides is 2. The Labute approximate surface area is 136 Å². The van der Waals surface area contributed by atoms with Gasteiger partial charge in [-0.3, -0.25) is 0 Å². The fraction of sp³-hybridized carbons (Fsp3) is 0.933. The molecule has 1 aliphatic carbocycles. The molecule has 0 aromatic rings. The summed E-state index contributed by atoms with van der Waals surface area (Å²) in [6, 6.07) is -1.86. The predicted molar refractivity (Wildman–Crippen MR) is 83.7 cm³/mol. The van der Waals surface area contributed by atoms with E-state index in [1.165, 1.54) is 19.3 Å². The fourth-order valence-corrected chi connectivity index (χ4v) is 2.71. The molecule has 0 radical (unpaired) electrons. The summed E-state index contributed by atoms with van der Waals surface area (Å²) in [4.78, 5) is 11.8. The van der Waals surface area contributed by atoms with Crippen molar-refractivity contribution >= 4 is 6.03 Å². The predicted octanol–water partition coefficient (Wildman–Crippen LogP) is -1.17. The Bertz CT molecular complexity index is 341. The van der Waals surface area contributed by atoms with Crippen LogP contribution in [0, 0.1) is 0 Å². The first-order valence-electron chi connectivity index (χ1n) is 8.34. The minimum Gasteiger partial charge on any atom is -0.388 e. The van der Waals surface area contributed by atoms with Gasteiger partial charge in [0, 0.05) is 6.54 Å². The molecular weight excluding hydrogens is 304 g/mol. The molecule has 1 fully saturated rings. The molecular formula is C15H30N2O6. The topological polar surface area (TPSA) is 142 Å². The Morgan fingerprint density at radius 2 is 1.26 bits per heavy atom. The Kier molecular flexibility index (Phi) is 8.78. The van der Waals surface area contributed by atoms with Crippen LogP contribution in [0.15, 0.2) is 0 Å². The van der Waals surface area contributed by atoms with Crippen LogP contribution in [0.25, 0.3) is 0 Å². The van der Waals surface area contributed by atoms with Gasteiger partial charge in [-0.15, -0.1) is 0 Å². The van der Waals surface area contributed by atoms with Crippen molar-refractivity contribution in [3.63, 3.8) is 0 Å². The van der Waals surface area contributed by atoms with Crippen molar-refractivity contribution in [1.29, 1.82) is 0 Å². The van der Waals surface area contributed by atoms with Gasteiger partial charge in [0.1, 0.15) is 30.5 Å². The third kappa shape index (κ3) is 5.89. The molecule has 2 amide bonds. The van der Waals surface area contributed by atoms with E-state index in [4.69, 9.17) is 0 Å². The zero-order valence-corrected chi connectivity index (χ0v) is 13.6. The number of carbonyl (C=O) groups is 1. The number of hydrogen-bond acceptors (Lipinski definition) is 6. The Hall–Kier alpha value is -0.930. The van der Waals surface area contributed by atoms with Gasteiger partial charge in [0.25, 0.3) is 0 Å². The van der Waals surface area contributed by atoms with Crippen LogP contribution in [0.4, 0.5) is 4.79 Å². The third-order valence-corrected chi connectivity index (χ3v) is 4.25. The average Bonchev–Trinajstić information content (AvgIpc) is 2.54. The van der Waals surface area contributed by atoms with E-state index in [-0.39, 0.29) is 0 Å². The molecule has 136 valence electrons. The lowest BCUT2D eigenvalue weighted by Crippen LogP contribution is -2.69. The van der Waals surface area contributed by atoms with Gasteiger partial charge >= 0.3 is 6.03 Å². The SMILES string of the molecule is CCCCCCCCNC(=O)NC1[C@@H](O)[C@H](O)C(O)[C@H](O)[C@H]1O. The number of aliphatic hydroxyl groups is 5. The van der Waals surface area contributed by atoms with Crippen molar-refractivity contribution in [3.05, 3.63) is 0 Å². The van der Waals surface area contributed by atoms with Crippen molar-refractivity contribution in [2.75, 3.05) is 6.54 Å². The molecule has 8 nitrogen and oxygen atoms in total. The highest BCUT2D eigenvalue weighted by Crippen LogP contribution is 2.21. The first-order valence-corrected chi connectivity index (χ1v) is 8.34. The Morgan fingerprint density at radius 3 is 1.83 bits per heavy atom. The molecule has 0 aromatic carbocycles. The van der Waals surface area contributed by atoms with E-state index in [1.807, 2.05) is 0 Å². The quantitative estimate of drug-likeness (QED) is 0.279. The minimum atomic E-state index is -1.66. The van der Waals surface area contributed by atoms with E-state index in [0.29, 0.717) is 6.54 Å². The van der Waals surface area contributed by atoms with Crippen molar-refractivity contribution in [3.8, 4) is 0 Å². The molecule has 0 spiro atoms. The highest BCUT2D eigenvalue weighted by molar-refractivity contribution is 5.74. The maximum atomic E-state index is 11.8. The Balaban J connectivity index is 2.30. The summed E-state index contributed by atoms with van der Waals surface area (Å²) in [5.74, 6) is 0. The zero-order chi connectivity index (χ0) is 17.4. The van der Waals surface area contributed by atoms with Crippen LogP contribution in [0.5, 0.6) is 0 Å². The van der Waals surface area contributed by atoms with Crippen LogP contribution in [-0.2, 0) is 0 Å². The van der Waals surface area contributed by atoms with Crippen molar-refractivity contribution in [2.24, 2.45) is 0 Å². The molecule has 8 heteroatoms. The molecule has 23 heavy (non-hydrogen) atoms. The molecule has 1 rings (SSSR count). The zero-order valence-electron chi connectivity index (χ0n) is 13.6. The summed E-state index contributed by atoms with van der Waals surface area (Å²) in [7, 11) is 0. The second-order valence-corrected chi connectivity index (χ2v) is 6.15. The highest BCUT2D eigenvalue weighted by Gasteiger charge is 2.48. The second kappa shape index (κ2) is 10.0. The first-order chi connectivity index (χ1) is 10.9. The number of urea groups is 1. The van der Waals surface area contributed by atoms with Gasteiger partial charge in [0.15, 0.2) is 0 Å². The molecule has 6 atom stereocenters. The van der Waals surface area contributed by atoms with E-state index in [9.17, 15) is 30.3 Å². The van der Waals surface area contributed by atoms with E-state index in [1.54, 1.807) is 0 Å². The fourth-order valence-electron chi connectivity index (χ4n) is 2.71.